The van der Waals surface area contributed by atoms with Crippen LogP contribution in [0.1, 0.15) is 37.2 Å². The number of sulfonamides is 1. The zero-order valence-corrected chi connectivity index (χ0v) is 15.8. The van der Waals surface area contributed by atoms with Crippen LogP contribution >= 0.6 is 0 Å². The maximum atomic E-state index is 12.5. The van der Waals surface area contributed by atoms with Crippen molar-refractivity contribution < 1.29 is 27.1 Å². The molecule has 0 bridgehead atoms. The van der Waals surface area contributed by atoms with E-state index >= 15 is 0 Å². The lowest BCUT2D eigenvalue weighted by Gasteiger charge is -2.16. The molecule has 1 fully saturated rings. The highest BCUT2D eigenvalue weighted by Crippen LogP contribution is 2.40. The van der Waals surface area contributed by atoms with Gasteiger partial charge < -0.3 is 19.2 Å². The van der Waals surface area contributed by atoms with E-state index in [0.29, 0.717) is 30.3 Å². The van der Waals surface area contributed by atoms with Crippen LogP contribution in [0.3, 0.4) is 0 Å². The standard InChI is InChI=1S/C18H20N2O6S/c1-18(2)25-13-6-5-12(11-15(13)26-18)19-17(21)14-7-8-16(24-14)27(22,23)20-9-3-4-10-20/h5-8,11H,3-4,9-10H2,1-2H3,(H,19,21). The van der Waals surface area contributed by atoms with Crippen molar-refractivity contribution in [1.29, 1.82) is 0 Å². The normalized spacial score (nSPS) is 18.6. The highest BCUT2D eigenvalue weighted by atomic mass is 32.2. The Kier molecular flexibility index (Phi) is 4.15. The van der Waals surface area contributed by atoms with Crippen LogP contribution in [0, 0.1) is 0 Å². The fourth-order valence-electron chi connectivity index (χ4n) is 3.13. The Morgan fingerprint density at radius 1 is 1.07 bits per heavy atom. The number of amides is 1. The summed E-state index contributed by atoms with van der Waals surface area (Å²) < 4.78 is 42.9. The fourth-order valence-corrected chi connectivity index (χ4v) is 4.56. The molecular weight excluding hydrogens is 372 g/mol. The Morgan fingerprint density at radius 3 is 2.52 bits per heavy atom. The molecule has 1 saturated heterocycles. The van der Waals surface area contributed by atoms with Crippen LogP contribution < -0.4 is 14.8 Å². The summed E-state index contributed by atoms with van der Waals surface area (Å²) in [6.45, 7) is 4.52. The first-order chi connectivity index (χ1) is 12.7. The Labute approximate surface area is 157 Å². The molecule has 27 heavy (non-hydrogen) atoms. The second-order valence-electron chi connectivity index (χ2n) is 6.95. The highest BCUT2D eigenvalue weighted by molar-refractivity contribution is 7.89. The zero-order valence-electron chi connectivity index (χ0n) is 15.0. The third kappa shape index (κ3) is 3.40. The summed E-state index contributed by atoms with van der Waals surface area (Å²) in [4.78, 5) is 12.4. The number of nitrogens with one attached hydrogen (secondary N) is 1. The van der Waals surface area contributed by atoms with Gasteiger partial charge in [0.05, 0.1) is 0 Å². The second kappa shape index (κ2) is 6.28. The molecule has 8 nitrogen and oxygen atoms in total. The van der Waals surface area contributed by atoms with E-state index in [1.165, 1.54) is 16.4 Å². The smallest absolute Gasteiger partial charge is 0.291 e. The average molecular weight is 392 g/mol. The quantitative estimate of drug-likeness (QED) is 0.859. The molecule has 0 saturated carbocycles. The highest BCUT2D eigenvalue weighted by Gasteiger charge is 2.32. The van der Waals surface area contributed by atoms with Gasteiger partial charge in [0, 0.05) is 38.7 Å². The lowest BCUT2D eigenvalue weighted by Crippen LogP contribution is -2.29. The number of nitrogens with zero attached hydrogens (tertiary/aromatic N) is 1. The number of furan rings is 1. The van der Waals surface area contributed by atoms with Gasteiger partial charge in [-0.05, 0) is 37.1 Å². The summed E-state index contributed by atoms with van der Waals surface area (Å²) in [6, 6.07) is 7.68. The van der Waals surface area contributed by atoms with Gasteiger partial charge in [0.25, 0.3) is 15.9 Å². The Hall–Kier alpha value is -2.52. The van der Waals surface area contributed by atoms with Crippen LogP contribution in [0.25, 0.3) is 0 Å². The number of carbonyl (C=O) groups is 1. The van der Waals surface area contributed by atoms with Gasteiger partial charge in [-0.15, -0.1) is 0 Å². The maximum Gasteiger partial charge on any atom is 0.291 e. The number of rotatable bonds is 4. The Balaban J connectivity index is 1.49. The van der Waals surface area contributed by atoms with Gasteiger partial charge >= 0.3 is 0 Å². The third-order valence-corrected chi connectivity index (χ3v) is 6.15. The largest absolute Gasteiger partial charge is 0.449 e. The first kappa shape index (κ1) is 17.9. The summed E-state index contributed by atoms with van der Waals surface area (Å²) in [5.41, 5.74) is 0.486. The van der Waals surface area contributed by atoms with Gasteiger partial charge in [0.1, 0.15) is 0 Å². The van der Waals surface area contributed by atoms with Crippen molar-refractivity contribution in [2.75, 3.05) is 18.4 Å². The van der Waals surface area contributed by atoms with Crippen molar-refractivity contribution >= 4 is 21.6 Å². The zero-order chi connectivity index (χ0) is 19.2. The summed E-state index contributed by atoms with van der Waals surface area (Å²) in [5, 5.41) is 2.45. The van der Waals surface area contributed by atoms with Crippen LogP contribution in [0.5, 0.6) is 11.5 Å². The van der Waals surface area contributed by atoms with E-state index < -0.39 is 21.7 Å². The van der Waals surface area contributed by atoms with Crippen LogP contribution in [-0.4, -0.2) is 37.5 Å². The molecule has 2 aliphatic heterocycles. The second-order valence-corrected chi connectivity index (χ2v) is 8.82. The number of benzene rings is 1. The summed E-state index contributed by atoms with van der Waals surface area (Å²) >= 11 is 0. The number of hydrogen-bond donors (Lipinski definition) is 1. The number of ether oxygens (including phenoxy) is 2. The molecule has 9 heteroatoms. The van der Waals surface area contributed by atoms with Gasteiger partial charge in [-0.25, -0.2) is 8.42 Å². The molecule has 1 N–H and O–H groups in total. The van der Waals surface area contributed by atoms with E-state index in [9.17, 15) is 13.2 Å². The molecule has 0 spiro atoms. The van der Waals surface area contributed by atoms with E-state index in [1.807, 2.05) is 0 Å². The molecule has 144 valence electrons. The number of fused-ring (bicyclic) bond motifs is 1. The molecular formula is C18H20N2O6S. The van der Waals surface area contributed by atoms with Crippen molar-refractivity contribution in [2.45, 2.75) is 37.6 Å². The van der Waals surface area contributed by atoms with Crippen molar-refractivity contribution in [3.8, 4) is 11.5 Å². The molecule has 2 aliphatic rings. The van der Waals surface area contributed by atoms with Crippen LogP contribution in [-0.2, 0) is 10.0 Å². The molecule has 2 aromatic rings. The molecule has 0 radical (unpaired) electrons. The SMILES string of the molecule is CC1(C)Oc2ccc(NC(=O)c3ccc(S(=O)(=O)N4CCCC4)o3)cc2O1. The molecule has 1 aromatic heterocycles. The first-order valence-electron chi connectivity index (χ1n) is 8.68. The molecule has 0 atom stereocenters. The molecule has 0 unspecified atom stereocenters. The number of hydrogen-bond acceptors (Lipinski definition) is 6. The third-order valence-electron chi connectivity index (χ3n) is 4.38. The molecule has 0 aliphatic carbocycles. The van der Waals surface area contributed by atoms with Crippen LogP contribution in [0.15, 0.2) is 39.8 Å². The molecule has 3 heterocycles. The van der Waals surface area contributed by atoms with Crippen molar-refractivity contribution in [2.24, 2.45) is 0 Å². The molecule has 1 aromatic carbocycles. The minimum absolute atomic E-state index is 0.0780. The van der Waals surface area contributed by atoms with Gasteiger partial charge in [0.15, 0.2) is 17.3 Å². The van der Waals surface area contributed by atoms with Crippen molar-refractivity contribution in [1.82, 2.24) is 4.31 Å². The lowest BCUT2D eigenvalue weighted by atomic mass is 10.2. The summed E-state index contributed by atoms with van der Waals surface area (Å²) in [5.74, 6) is -0.267. The van der Waals surface area contributed by atoms with Crippen molar-refractivity contribution in [3.05, 3.63) is 36.1 Å². The minimum Gasteiger partial charge on any atom is -0.449 e. The van der Waals surface area contributed by atoms with Crippen LogP contribution in [0.2, 0.25) is 0 Å². The number of carbonyl (C=O) groups excluding carboxylic acids is 1. The summed E-state index contributed by atoms with van der Waals surface area (Å²) in [6.07, 6.45) is 1.66. The van der Waals surface area contributed by atoms with E-state index in [2.05, 4.69) is 5.32 Å². The average Bonchev–Trinajstić information content (AvgIpc) is 3.33. The van der Waals surface area contributed by atoms with Gasteiger partial charge in [-0.2, -0.15) is 4.31 Å². The molecule has 4 rings (SSSR count). The van der Waals surface area contributed by atoms with Gasteiger partial charge in [0.2, 0.25) is 10.9 Å². The monoisotopic (exact) mass is 392 g/mol. The number of anilines is 1. The topological polar surface area (TPSA) is 98.1 Å². The molecule has 1 amide bonds. The predicted molar refractivity (Wildman–Crippen MR) is 96.4 cm³/mol. The minimum atomic E-state index is -3.70. The Morgan fingerprint density at radius 2 is 1.78 bits per heavy atom. The Bertz CT molecular complexity index is 989. The van der Waals surface area contributed by atoms with Gasteiger partial charge in [-0.3, -0.25) is 4.79 Å². The van der Waals surface area contributed by atoms with E-state index in [4.69, 9.17) is 13.9 Å². The van der Waals surface area contributed by atoms with Crippen molar-refractivity contribution in [3.63, 3.8) is 0 Å². The predicted octanol–water partition coefficient (Wildman–Crippen LogP) is 2.82. The fraction of sp³-hybridized carbons (Fsp3) is 0.389. The maximum absolute atomic E-state index is 12.5. The van der Waals surface area contributed by atoms with E-state index in [-0.39, 0.29) is 10.9 Å². The van der Waals surface area contributed by atoms with E-state index in [1.54, 1.807) is 32.0 Å². The lowest BCUT2D eigenvalue weighted by molar-refractivity contribution is -0.0431. The summed E-state index contributed by atoms with van der Waals surface area (Å²) in [7, 11) is -3.70. The van der Waals surface area contributed by atoms with E-state index in [0.717, 1.165) is 12.8 Å². The van der Waals surface area contributed by atoms with Crippen LogP contribution in [0.4, 0.5) is 5.69 Å². The first-order valence-corrected chi connectivity index (χ1v) is 10.1. The van der Waals surface area contributed by atoms with Gasteiger partial charge in [-0.1, -0.05) is 0 Å².